The fourth-order valence-corrected chi connectivity index (χ4v) is 3.73. The van der Waals surface area contributed by atoms with E-state index in [2.05, 4.69) is 20.2 Å². The summed E-state index contributed by atoms with van der Waals surface area (Å²) in [7, 11) is 0. The molecule has 0 bridgehead atoms. The second-order valence-electron chi connectivity index (χ2n) is 6.18. The maximum Gasteiger partial charge on any atom is 0.313 e. The van der Waals surface area contributed by atoms with Gasteiger partial charge < -0.3 is 14.9 Å². The molecule has 1 N–H and O–H groups in total. The molecule has 0 radical (unpaired) electrons. The summed E-state index contributed by atoms with van der Waals surface area (Å²) in [5.41, 5.74) is -0.861. The Hall–Kier alpha value is -2.48. The van der Waals surface area contributed by atoms with Gasteiger partial charge in [-0.2, -0.15) is 0 Å². The number of carbonyl (C=O) groups is 1. The molecule has 2 aliphatic heterocycles. The summed E-state index contributed by atoms with van der Waals surface area (Å²) in [6.45, 7) is 1.97. The fraction of sp³-hybridized carbons (Fsp3) is 0.400. The van der Waals surface area contributed by atoms with Crippen LogP contribution in [0.2, 0.25) is 5.15 Å². The highest BCUT2D eigenvalue weighted by Gasteiger charge is 2.58. The van der Waals surface area contributed by atoms with Crippen LogP contribution in [0.3, 0.4) is 0 Å². The number of aromatic nitrogens is 4. The van der Waals surface area contributed by atoms with Gasteiger partial charge in [0.15, 0.2) is 11.0 Å². The molecular formula is C15H15ClN6O2. The third-order valence-electron chi connectivity index (χ3n) is 4.81. The van der Waals surface area contributed by atoms with Gasteiger partial charge in [-0.3, -0.25) is 4.79 Å². The molecule has 8 nitrogen and oxygen atoms in total. The first kappa shape index (κ1) is 15.1. The molecule has 2 aliphatic rings. The number of nitrogens with zero attached hydrogens (tertiary/aromatic N) is 6. The molecule has 9 heteroatoms. The Bertz CT molecular complexity index is 758. The molecule has 0 aromatic carbocycles. The monoisotopic (exact) mass is 346 g/mol. The van der Waals surface area contributed by atoms with E-state index in [0.717, 1.165) is 0 Å². The lowest BCUT2D eigenvalue weighted by Crippen LogP contribution is -2.41. The Morgan fingerprint density at radius 3 is 2.50 bits per heavy atom. The largest absolute Gasteiger partial charge is 0.481 e. The Kier molecular flexibility index (Phi) is 3.49. The summed E-state index contributed by atoms with van der Waals surface area (Å²) in [6.07, 6.45) is 3.33. The second-order valence-corrected chi connectivity index (χ2v) is 6.57. The van der Waals surface area contributed by atoms with Crippen LogP contribution in [0.5, 0.6) is 0 Å². The summed E-state index contributed by atoms with van der Waals surface area (Å²) in [5.74, 6) is 0.397. The first-order valence-electron chi connectivity index (χ1n) is 7.58. The topological polar surface area (TPSA) is 95.3 Å². The number of hydrogen-bond donors (Lipinski definition) is 1. The highest BCUT2D eigenvalue weighted by molar-refractivity contribution is 6.29. The maximum absolute atomic E-state index is 12.1. The zero-order chi connectivity index (χ0) is 16.7. The van der Waals surface area contributed by atoms with Crippen LogP contribution in [0.4, 0.5) is 11.8 Å². The fourth-order valence-electron chi connectivity index (χ4n) is 3.63. The lowest BCUT2D eigenvalue weighted by molar-refractivity contribution is -0.148. The van der Waals surface area contributed by atoms with E-state index in [1.54, 1.807) is 30.6 Å². The van der Waals surface area contributed by atoms with Crippen molar-refractivity contribution in [2.45, 2.75) is 0 Å². The molecule has 2 fully saturated rings. The predicted molar refractivity (Wildman–Crippen MR) is 87.1 cm³/mol. The van der Waals surface area contributed by atoms with Crippen molar-refractivity contribution in [1.82, 2.24) is 20.2 Å². The van der Waals surface area contributed by atoms with Crippen LogP contribution in [0.15, 0.2) is 30.6 Å². The van der Waals surface area contributed by atoms with Crippen LogP contribution in [0.25, 0.3) is 0 Å². The molecule has 2 aromatic heterocycles. The minimum Gasteiger partial charge on any atom is -0.481 e. The highest BCUT2D eigenvalue weighted by Crippen LogP contribution is 2.44. The van der Waals surface area contributed by atoms with Crippen molar-refractivity contribution in [1.29, 1.82) is 0 Å². The lowest BCUT2D eigenvalue weighted by atomic mass is 9.81. The van der Waals surface area contributed by atoms with Crippen molar-refractivity contribution < 1.29 is 9.90 Å². The summed E-state index contributed by atoms with van der Waals surface area (Å²) in [5, 5.41) is 18.1. The molecular weight excluding hydrogens is 332 g/mol. The van der Waals surface area contributed by atoms with Gasteiger partial charge in [0.2, 0.25) is 5.95 Å². The van der Waals surface area contributed by atoms with Crippen molar-refractivity contribution in [3.8, 4) is 0 Å². The Balaban J connectivity index is 1.60. The lowest BCUT2D eigenvalue weighted by Gasteiger charge is -2.25. The number of anilines is 2. The van der Waals surface area contributed by atoms with E-state index >= 15 is 0 Å². The smallest absolute Gasteiger partial charge is 0.313 e. The predicted octanol–water partition coefficient (Wildman–Crippen LogP) is 0.947. The standard InChI is InChI=1S/C15H15ClN6O2/c16-11-2-3-12(20-19-11)21-6-10-7-22(14-17-4-1-5-18-14)9-15(10,8-21)13(23)24/h1-5,10H,6-9H2,(H,23,24)/t10-,15-/m1/s1. The van der Waals surface area contributed by atoms with Crippen molar-refractivity contribution >= 4 is 29.3 Å². The average molecular weight is 347 g/mol. The van der Waals surface area contributed by atoms with Gasteiger partial charge in [0.05, 0.1) is 0 Å². The second kappa shape index (κ2) is 5.55. The van der Waals surface area contributed by atoms with Gasteiger partial charge in [0, 0.05) is 44.5 Å². The average Bonchev–Trinajstić information content (AvgIpc) is 3.12. The molecule has 0 aliphatic carbocycles. The summed E-state index contributed by atoms with van der Waals surface area (Å²) in [6, 6.07) is 5.17. The van der Waals surface area contributed by atoms with Crippen molar-refractivity contribution in [2.24, 2.45) is 11.3 Å². The van der Waals surface area contributed by atoms with Crippen molar-refractivity contribution in [3.05, 3.63) is 35.7 Å². The maximum atomic E-state index is 12.1. The summed E-state index contributed by atoms with van der Waals surface area (Å²) >= 11 is 5.77. The number of rotatable bonds is 3. The normalized spacial score (nSPS) is 25.8. The molecule has 4 rings (SSSR count). The first-order chi connectivity index (χ1) is 11.6. The van der Waals surface area contributed by atoms with Crippen molar-refractivity contribution in [2.75, 3.05) is 36.0 Å². The van der Waals surface area contributed by atoms with E-state index in [-0.39, 0.29) is 5.92 Å². The van der Waals surface area contributed by atoms with Crippen LogP contribution < -0.4 is 9.80 Å². The molecule has 4 heterocycles. The van der Waals surface area contributed by atoms with E-state index in [0.29, 0.717) is 43.1 Å². The quantitative estimate of drug-likeness (QED) is 0.877. The number of fused-ring (bicyclic) bond motifs is 1. The Morgan fingerprint density at radius 2 is 1.88 bits per heavy atom. The van der Waals surface area contributed by atoms with Gasteiger partial charge in [-0.05, 0) is 18.2 Å². The molecule has 0 saturated carbocycles. The van der Waals surface area contributed by atoms with Gasteiger partial charge in [0.25, 0.3) is 0 Å². The van der Waals surface area contributed by atoms with Gasteiger partial charge in [-0.1, -0.05) is 11.6 Å². The molecule has 2 aromatic rings. The Labute approximate surface area is 143 Å². The van der Waals surface area contributed by atoms with Crippen LogP contribution in [0.1, 0.15) is 0 Å². The first-order valence-corrected chi connectivity index (χ1v) is 7.96. The van der Waals surface area contributed by atoms with Crippen LogP contribution >= 0.6 is 11.6 Å². The molecule has 2 atom stereocenters. The minimum absolute atomic E-state index is 0.0312. The molecule has 0 amide bonds. The zero-order valence-corrected chi connectivity index (χ0v) is 13.5. The summed E-state index contributed by atoms with van der Waals surface area (Å²) in [4.78, 5) is 24.4. The van der Waals surface area contributed by atoms with Gasteiger partial charge >= 0.3 is 5.97 Å². The number of carboxylic acid groups (broad SMARTS) is 1. The van der Waals surface area contributed by atoms with Crippen molar-refractivity contribution in [3.63, 3.8) is 0 Å². The molecule has 24 heavy (non-hydrogen) atoms. The SMILES string of the molecule is O=C(O)[C@@]12CN(c3ccc(Cl)nn3)C[C@@H]1CN(c1ncccn1)C2. The molecule has 0 unspecified atom stereocenters. The van der Waals surface area contributed by atoms with Crippen LogP contribution in [-0.4, -0.2) is 57.4 Å². The van der Waals surface area contributed by atoms with E-state index in [1.165, 1.54) is 0 Å². The number of carboxylic acids is 1. The Morgan fingerprint density at radius 1 is 1.17 bits per heavy atom. The zero-order valence-electron chi connectivity index (χ0n) is 12.7. The number of hydrogen-bond acceptors (Lipinski definition) is 7. The van der Waals surface area contributed by atoms with Crippen LogP contribution in [-0.2, 0) is 4.79 Å². The third-order valence-corrected chi connectivity index (χ3v) is 5.01. The van der Waals surface area contributed by atoms with Gasteiger partial charge in [-0.15, -0.1) is 10.2 Å². The van der Waals surface area contributed by atoms with E-state index < -0.39 is 11.4 Å². The molecule has 2 saturated heterocycles. The van der Waals surface area contributed by atoms with E-state index in [9.17, 15) is 9.90 Å². The van der Waals surface area contributed by atoms with Crippen LogP contribution in [0, 0.1) is 11.3 Å². The molecule has 0 spiro atoms. The number of aliphatic carboxylic acids is 1. The molecule has 124 valence electrons. The highest BCUT2D eigenvalue weighted by atomic mass is 35.5. The third kappa shape index (κ3) is 2.34. The van der Waals surface area contributed by atoms with E-state index in [1.807, 2.05) is 9.80 Å². The number of halogens is 1. The van der Waals surface area contributed by atoms with Gasteiger partial charge in [-0.25, -0.2) is 9.97 Å². The summed E-state index contributed by atoms with van der Waals surface area (Å²) < 4.78 is 0. The van der Waals surface area contributed by atoms with Gasteiger partial charge in [0.1, 0.15) is 5.41 Å². The van der Waals surface area contributed by atoms with E-state index in [4.69, 9.17) is 11.6 Å². The minimum atomic E-state index is -0.861.